The van der Waals surface area contributed by atoms with E-state index in [1.807, 2.05) is 6.92 Å². The van der Waals surface area contributed by atoms with Crippen LogP contribution in [0, 0.1) is 0 Å². The van der Waals surface area contributed by atoms with Crippen molar-refractivity contribution in [3.05, 3.63) is 0 Å². The van der Waals surface area contributed by atoms with Crippen LogP contribution in [0.2, 0.25) is 0 Å². The highest BCUT2D eigenvalue weighted by Crippen LogP contribution is 2.14. The van der Waals surface area contributed by atoms with Gasteiger partial charge in [0.25, 0.3) is 0 Å². The molecule has 1 aliphatic rings. The second kappa shape index (κ2) is 3.71. The van der Waals surface area contributed by atoms with Gasteiger partial charge >= 0.3 is 0 Å². The molecule has 1 saturated heterocycles. The monoisotopic (exact) mass is 142 g/mol. The van der Waals surface area contributed by atoms with Gasteiger partial charge in [-0.05, 0) is 19.3 Å². The SMILES string of the molecule is CCC(=O)C1CCCCO1. The Morgan fingerprint density at radius 3 is 2.90 bits per heavy atom. The standard InChI is InChI=1S/C8H14O2/c1-2-7(9)8-5-3-4-6-10-8/h8H,2-6H2,1H3. The number of ketones is 1. The van der Waals surface area contributed by atoms with Crippen LogP contribution in [-0.2, 0) is 9.53 Å². The number of ether oxygens (including phenoxy) is 1. The molecule has 58 valence electrons. The molecular weight excluding hydrogens is 128 g/mol. The number of rotatable bonds is 2. The van der Waals surface area contributed by atoms with Gasteiger partial charge in [0.05, 0.1) is 0 Å². The van der Waals surface area contributed by atoms with Crippen molar-refractivity contribution in [2.24, 2.45) is 0 Å². The molecule has 1 heterocycles. The molecular formula is C8H14O2. The molecule has 10 heavy (non-hydrogen) atoms. The van der Waals surface area contributed by atoms with Gasteiger partial charge in [0.2, 0.25) is 0 Å². The van der Waals surface area contributed by atoms with E-state index in [1.165, 1.54) is 0 Å². The molecule has 2 nitrogen and oxygen atoms in total. The van der Waals surface area contributed by atoms with Crippen LogP contribution < -0.4 is 0 Å². The summed E-state index contributed by atoms with van der Waals surface area (Å²) < 4.78 is 5.28. The van der Waals surface area contributed by atoms with Crippen LogP contribution in [0.5, 0.6) is 0 Å². The molecule has 1 unspecified atom stereocenters. The first-order valence-corrected chi connectivity index (χ1v) is 3.99. The molecule has 0 bridgehead atoms. The first kappa shape index (κ1) is 7.73. The number of hydrogen-bond donors (Lipinski definition) is 0. The summed E-state index contributed by atoms with van der Waals surface area (Å²) in [6, 6.07) is 0. The molecule has 1 atom stereocenters. The summed E-state index contributed by atoms with van der Waals surface area (Å²) in [5.41, 5.74) is 0. The first-order chi connectivity index (χ1) is 4.84. The van der Waals surface area contributed by atoms with E-state index < -0.39 is 0 Å². The van der Waals surface area contributed by atoms with Crippen molar-refractivity contribution in [2.75, 3.05) is 6.61 Å². The summed E-state index contributed by atoms with van der Waals surface area (Å²) >= 11 is 0. The Bertz CT molecular complexity index is 114. The van der Waals surface area contributed by atoms with Crippen molar-refractivity contribution in [1.29, 1.82) is 0 Å². The predicted octanol–water partition coefficient (Wildman–Crippen LogP) is 1.53. The molecule has 1 fully saturated rings. The first-order valence-electron chi connectivity index (χ1n) is 3.99. The Balaban J connectivity index is 2.31. The van der Waals surface area contributed by atoms with Gasteiger partial charge in [0, 0.05) is 13.0 Å². The molecule has 0 N–H and O–H groups in total. The summed E-state index contributed by atoms with van der Waals surface area (Å²) in [7, 11) is 0. The van der Waals surface area contributed by atoms with Gasteiger partial charge in [-0.15, -0.1) is 0 Å². The second-order valence-corrected chi connectivity index (χ2v) is 2.68. The number of carbonyl (C=O) groups excluding carboxylic acids is 1. The molecule has 1 rings (SSSR count). The Labute approximate surface area is 61.6 Å². The van der Waals surface area contributed by atoms with Crippen molar-refractivity contribution in [2.45, 2.75) is 38.7 Å². The minimum atomic E-state index is -0.0706. The smallest absolute Gasteiger partial charge is 0.161 e. The Hall–Kier alpha value is -0.370. The third-order valence-corrected chi connectivity index (χ3v) is 1.89. The maximum absolute atomic E-state index is 11.0. The molecule has 0 amide bonds. The van der Waals surface area contributed by atoms with E-state index in [9.17, 15) is 4.79 Å². The summed E-state index contributed by atoms with van der Waals surface area (Å²) in [5.74, 6) is 0.264. The van der Waals surface area contributed by atoms with E-state index >= 15 is 0 Å². The van der Waals surface area contributed by atoms with Gasteiger partial charge < -0.3 is 4.74 Å². The minimum absolute atomic E-state index is 0.0706. The summed E-state index contributed by atoms with van der Waals surface area (Å²) in [5, 5.41) is 0. The van der Waals surface area contributed by atoms with Gasteiger partial charge in [0.1, 0.15) is 6.10 Å². The van der Waals surface area contributed by atoms with Gasteiger partial charge in [-0.25, -0.2) is 0 Å². The average Bonchev–Trinajstić information content (AvgIpc) is 2.05. The third kappa shape index (κ3) is 1.81. The lowest BCUT2D eigenvalue weighted by molar-refractivity contribution is -0.132. The zero-order chi connectivity index (χ0) is 7.40. The largest absolute Gasteiger partial charge is 0.370 e. The van der Waals surface area contributed by atoms with Crippen LogP contribution in [0.25, 0.3) is 0 Å². The van der Waals surface area contributed by atoms with Crippen LogP contribution in [-0.4, -0.2) is 18.5 Å². The molecule has 1 aliphatic heterocycles. The van der Waals surface area contributed by atoms with Gasteiger partial charge in [-0.3, -0.25) is 4.79 Å². The summed E-state index contributed by atoms with van der Waals surface area (Å²) in [6.07, 6.45) is 3.75. The van der Waals surface area contributed by atoms with E-state index in [0.717, 1.165) is 25.9 Å². The van der Waals surface area contributed by atoms with E-state index in [-0.39, 0.29) is 11.9 Å². The lowest BCUT2D eigenvalue weighted by Crippen LogP contribution is -2.27. The Morgan fingerprint density at radius 1 is 1.60 bits per heavy atom. The maximum Gasteiger partial charge on any atom is 0.161 e. The van der Waals surface area contributed by atoms with E-state index in [4.69, 9.17) is 4.74 Å². The van der Waals surface area contributed by atoms with E-state index in [0.29, 0.717) is 6.42 Å². The highest BCUT2D eigenvalue weighted by atomic mass is 16.5. The zero-order valence-electron chi connectivity index (χ0n) is 6.43. The quantitative estimate of drug-likeness (QED) is 0.584. The third-order valence-electron chi connectivity index (χ3n) is 1.89. The highest BCUT2D eigenvalue weighted by Gasteiger charge is 2.19. The fourth-order valence-corrected chi connectivity index (χ4v) is 1.22. The predicted molar refractivity (Wildman–Crippen MR) is 38.9 cm³/mol. The fraction of sp³-hybridized carbons (Fsp3) is 0.875. The molecule has 0 spiro atoms. The summed E-state index contributed by atoms with van der Waals surface area (Å²) in [6.45, 7) is 2.66. The van der Waals surface area contributed by atoms with Crippen LogP contribution in [0.3, 0.4) is 0 Å². The van der Waals surface area contributed by atoms with Crippen molar-refractivity contribution in [1.82, 2.24) is 0 Å². The average molecular weight is 142 g/mol. The molecule has 0 aromatic rings. The highest BCUT2D eigenvalue weighted by molar-refractivity contribution is 5.82. The Kier molecular flexibility index (Phi) is 2.87. The molecule has 0 aromatic carbocycles. The lowest BCUT2D eigenvalue weighted by Gasteiger charge is -2.20. The maximum atomic E-state index is 11.0. The van der Waals surface area contributed by atoms with Crippen molar-refractivity contribution >= 4 is 5.78 Å². The van der Waals surface area contributed by atoms with Crippen LogP contribution in [0.15, 0.2) is 0 Å². The van der Waals surface area contributed by atoms with E-state index in [2.05, 4.69) is 0 Å². The molecule has 2 heteroatoms. The van der Waals surface area contributed by atoms with Crippen molar-refractivity contribution < 1.29 is 9.53 Å². The molecule has 0 radical (unpaired) electrons. The normalized spacial score (nSPS) is 26.3. The van der Waals surface area contributed by atoms with Crippen LogP contribution in [0.4, 0.5) is 0 Å². The van der Waals surface area contributed by atoms with Gasteiger partial charge in [-0.1, -0.05) is 6.92 Å². The minimum Gasteiger partial charge on any atom is -0.370 e. The van der Waals surface area contributed by atoms with E-state index in [1.54, 1.807) is 0 Å². The van der Waals surface area contributed by atoms with Crippen LogP contribution in [0.1, 0.15) is 32.6 Å². The van der Waals surface area contributed by atoms with Crippen molar-refractivity contribution in [3.8, 4) is 0 Å². The van der Waals surface area contributed by atoms with Crippen molar-refractivity contribution in [3.63, 3.8) is 0 Å². The number of carbonyl (C=O) groups is 1. The zero-order valence-corrected chi connectivity index (χ0v) is 6.43. The topological polar surface area (TPSA) is 26.3 Å². The van der Waals surface area contributed by atoms with Gasteiger partial charge in [-0.2, -0.15) is 0 Å². The Morgan fingerprint density at radius 2 is 2.40 bits per heavy atom. The lowest BCUT2D eigenvalue weighted by atomic mass is 10.0. The second-order valence-electron chi connectivity index (χ2n) is 2.68. The molecule has 0 saturated carbocycles. The van der Waals surface area contributed by atoms with Crippen LogP contribution >= 0.6 is 0 Å². The molecule has 0 aliphatic carbocycles. The fourth-order valence-electron chi connectivity index (χ4n) is 1.22. The molecule has 0 aromatic heterocycles. The summed E-state index contributed by atoms with van der Waals surface area (Å²) in [4.78, 5) is 11.0. The van der Waals surface area contributed by atoms with Gasteiger partial charge in [0.15, 0.2) is 5.78 Å². The number of hydrogen-bond acceptors (Lipinski definition) is 2. The number of Topliss-reactive ketones (excluding diaryl/α,β-unsaturated/α-hetero) is 1.